The van der Waals surface area contributed by atoms with Crippen LogP contribution in [-0.2, 0) is 0 Å². The zero-order valence-corrected chi connectivity index (χ0v) is 13.0. The van der Waals surface area contributed by atoms with Crippen LogP contribution in [-0.4, -0.2) is 15.0 Å². The van der Waals surface area contributed by atoms with E-state index in [1.165, 1.54) is 0 Å². The Morgan fingerprint density at radius 1 is 0.500 bits per heavy atom. The van der Waals surface area contributed by atoms with E-state index in [0.717, 1.165) is 33.6 Å². The second-order valence-corrected chi connectivity index (χ2v) is 5.47. The minimum Gasteiger partial charge on any atom is -0.261 e. The Labute approximate surface area is 140 Å². The van der Waals surface area contributed by atoms with Crippen LogP contribution in [0.15, 0.2) is 91.5 Å². The van der Waals surface area contributed by atoms with Crippen LogP contribution < -0.4 is 0 Å². The zero-order chi connectivity index (χ0) is 16.2. The Morgan fingerprint density at radius 3 is 1.79 bits per heavy atom. The first-order valence-electron chi connectivity index (χ1n) is 7.78. The minimum atomic E-state index is 0.875. The quantitative estimate of drug-likeness (QED) is 0.542. The van der Waals surface area contributed by atoms with Gasteiger partial charge >= 0.3 is 0 Å². The lowest BCUT2D eigenvalue weighted by Crippen LogP contribution is -1.86. The van der Waals surface area contributed by atoms with E-state index in [0.29, 0.717) is 0 Å². The molecule has 4 aromatic rings. The zero-order valence-electron chi connectivity index (χ0n) is 13.0. The number of hydrogen-bond donors (Lipinski definition) is 0. The Bertz CT molecular complexity index is 870. The van der Waals surface area contributed by atoms with E-state index in [1.807, 2.05) is 30.5 Å². The van der Waals surface area contributed by atoms with Crippen LogP contribution in [0.5, 0.6) is 0 Å². The highest BCUT2D eigenvalue weighted by molar-refractivity contribution is 5.75. The lowest BCUT2D eigenvalue weighted by Gasteiger charge is -2.07. The van der Waals surface area contributed by atoms with E-state index in [2.05, 4.69) is 57.4 Å². The number of aromatic nitrogens is 3. The van der Waals surface area contributed by atoms with Gasteiger partial charge in [0, 0.05) is 29.7 Å². The smallest absolute Gasteiger partial charge is 0.0885 e. The standard InChI is InChI=1S/C21H15N3/c1-2-10-23-20(9-1)18-7-3-5-16(13-18)17-6-4-8-19(14-17)21-15-22-11-12-24-21/h1-15H. The largest absolute Gasteiger partial charge is 0.261 e. The maximum absolute atomic E-state index is 4.43. The maximum Gasteiger partial charge on any atom is 0.0885 e. The van der Waals surface area contributed by atoms with Gasteiger partial charge in [-0.3, -0.25) is 15.0 Å². The van der Waals surface area contributed by atoms with Gasteiger partial charge in [0.2, 0.25) is 0 Å². The molecule has 0 saturated heterocycles. The topological polar surface area (TPSA) is 38.7 Å². The van der Waals surface area contributed by atoms with Gasteiger partial charge in [0.05, 0.1) is 17.6 Å². The third kappa shape index (κ3) is 2.92. The van der Waals surface area contributed by atoms with Crippen LogP contribution >= 0.6 is 0 Å². The Hall–Kier alpha value is -3.33. The molecule has 0 aliphatic carbocycles. The molecular weight excluding hydrogens is 294 g/mol. The molecule has 0 spiro atoms. The van der Waals surface area contributed by atoms with Crippen molar-refractivity contribution in [3.8, 4) is 33.6 Å². The summed E-state index contributed by atoms with van der Waals surface area (Å²) in [5.41, 5.74) is 6.33. The molecular formula is C21H15N3. The predicted octanol–water partition coefficient (Wildman–Crippen LogP) is 4.87. The first-order valence-corrected chi connectivity index (χ1v) is 7.78. The van der Waals surface area contributed by atoms with Gasteiger partial charge in [-0.1, -0.05) is 42.5 Å². The monoisotopic (exact) mass is 309 g/mol. The average Bonchev–Trinajstić information content (AvgIpc) is 2.70. The fraction of sp³-hybridized carbons (Fsp3) is 0. The summed E-state index contributed by atoms with van der Waals surface area (Å²) in [6.07, 6.45) is 6.99. The van der Waals surface area contributed by atoms with Gasteiger partial charge in [0.25, 0.3) is 0 Å². The van der Waals surface area contributed by atoms with E-state index in [-0.39, 0.29) is 0 Å². The van der Waals surface area contributed by atoms with Crippen molar-refractivity contribution in [1.29, 1.82) is 0 Å². The second kappa shape index (κ2) is 6.42. The molecule has 0 atom stereocenters. The van der Waals surface area contributed by atoms with Crippen molar-refractivity contribution in [1.82, 2.24) is 15.0 Å². The van der Waals surface area contributed by atoms with Gasteiger partial charge in [-0.05, 0) is 35.4 Å². The fourth-order valence-electron chi connectivity index (χ4n) is 2.70. The molecule has 0 radical (unpaired) electrons. The van der Waals surface area contributed by atoms with Gasteiger partial charge in [0.1, 0.15) is 0 Å². The average molecular weight is 309 g/mol. The molecule has 0 aliphatic heterocycles. The van der Waals surface area contributed by atoms with Gasteiger partial charge in [-0.2, -0.15) is 0 Å². The molecule has 3 heteroatoms. The lowest BCUT2D eigenvalue weighted by atomic mass is 9.99. The second-order valence-electron chi connectivity index (χ2n) is 5.47. The summed E-state index contributed by atoms with van der Waals surface area (Å²) in [5, 5.41) is 0. The first kappa shape index (κ1) is 14.3. The van der Waals surface area contributed by atoms with Crippen LogP contribution in [0.25, 0.3) is 33.6 Å². The van der Waals surface area contributed by atoms with Gasteiger partial charge < -0.3 is 0 Å². The fourth-order valence-corrected chi connectivity index (χ4v) is 2.70. The van der Waals surface area contributed by atoms with Crippen molar-refractivity contribution in [2.45, 2.75) is 0 Å². The Balaban J connectivity index is 1.75. The van der Waals surface area contributed by atoms with Crippen molar-refractivity contribution in [3.05, 3.63) is 91.5 Å². The van der Waals surface area contributed by atoms with Crippen molar-refractivity contribution < 1.29 is 0 Å². The van der Waals surface area contributed by atoms with Crippen molar-refractivity contribution >= 4 is 0 Å². The normalized spacial score (nSPS) is 10.5. The van der Waals surface area contributed by atoms with Crippen molar-refractivity contribution in [3.63, 3.8) is 0 Å². The van der Waals surface area contributed by atoms with Gasteiger partial charge in [0.15, 0.2) is 0 Å². The molecule has 2 aromatic carbocycles. The first-order chi connectivity index (χ1) is 11.9. The predicted molar refractivity (Wildman–Crippen MR) is 96.1 cm³/mol. The highest BCUT2D eigenvalue weighted by atomic mass is 14.8. The Kier molecular flexibility index (Phi) is 3.82. The molecule has 0 saturated carbocycles. The molecule has 0 bridgehead atoms. The molecule has 0 N–H and O–H groups in total. The van der Waals surface area contributed by atoms with Crippen LogP contribution in [0.1, 0.15) is 0 Å². The number of hydrogen-bond acceptors (Lipinski definition) is 3. The molecule has 2 aromatic heterocycles. The highest BCUT2D eigenvalue weighted by Gasteiger charge is 2.05. The molecule has 4 rings (SSSR count). The van der Waals surface area contributed by atoms with Gasteiger partial charge in [-0.15, -0.1) is 0 Å². The molecule has 0 aliphatic rings. The lowest BCUT2D eigenvalue weighted by molar-refractivity contribution is 1.21. The summed E-state index contributed by atoms with van der Waals surface area (Å²) in [5.74, 6) is 0. The molecule has 0 fully saturated rings. The highest BCUT2D eigenvalue weighted by Crippen LogP contribution is 2.28. The molecule has 114 valence electrons. The van der Waals surface area contributed by atoms with E-state index in [1.54, 1.807) is 18.6 Å². The maximum atomic E-state index is 4.43. The summed E-state index contributed by atoms with van der Waals surface area (Å²) in [4.78, 5) is 13.0. The summed E-state index contributed by atoms with van der Waals surface area (Å²) < 4.78 is 0. The Morgan fingerprint density at radius 2 is 1.17 bits per heavy atom. The molecule has 24 heavy (non-hydrogen) atoms. The minimum absolute atomic E-state index is 0.875. The third-order valence-corrected chi connectivity index (χ3v) is 3.88. The molecule has 0 amide bonds. The molecule has 3 nitrogen and oxygen atoms in total. The van der Waals surface area contributed by atoms with E-state index in [4.69, 9.17) is 0 Å². The van der Waals surface area contributed by atoms with Gasteiger partial charge in [-0.25, -0.2) is 0 Å². The van der Waals surface area contributed by atoms with E-state index < -0.39 is 0 Å². The summed E-state index contributed by atoms with van der Waals surface area (Å²) in [6, 6.07) is 22.7. The van der Waals surface area contributed by atoms with Crippen molar-refractivity contribution in [2.75, 3.05) is 0 Å². The summed E-state index contributed by atoms with van der Waals surface area (Å²) >= 11 is 0. The van der Waals surface area contributed by atoms with E-state index >= 15 is 0 Å². The van der Waals surface area contributed by atoms with Crippen LogP contribution in [0.4, 0.5) is 0 Å². The third-order valence-electron chi connectivity index (χ3n) is 3.88. The van der Waals surface area contributed by atoms with E-state index in [9.17, 15) is 0 Å². The summed E-state index contributed by atoms with van der Waals surface area (Å²) in [6.45, 7) is 0. The SMILES string of the molecule is c1ccc(-c2cccc(-c3cccc(-c4cnccn4)c3)c2)nc1. The number of pyridine rings is 1. The molecule has 2 heterocycles. The van der Waals surface area contributed by atoms with Crippen LogP contribution in [0, 0.1) is 0 Å². The number of nitrogens with zero attached hydrogens (tertiary/aromatic N) is 3. The van der Waals surface area contributed by atoms with Crippen LogP contribution in [0.2, 0.25) is 0 Å². The number of rotatable bonds is 3. The summed E-state index contributed by atoms with van der Waals surface area (Å²) in [7, 11) is 0. The number of benzene rings is 2. The molecule has 0 unspecified atom stereocenters. The van der Waals surface area contributed by atoms with Crippen LogP contribution in [0.3, 0.4) is 0 Å². The van der Waals surface area contributed by atoms with Crippen molar-refractivity contribution in [2.24, 2.45) is 0 Å².